The molecule has 1 aromatic heterocycles. The fourth-order valence-corrected chi connectivity index (χ4v) is 4.85. The SMILES string of the molecule is Cn1c(=NC(=O)CCS(=O)(=O)c2ccc(Cl)cc2)sc2ccc([N+](=O)[O-])cc21. The third-order valence-electron chi connectivity index (χ3n) is 3.98. The van der Waals surface area contributed by atoms with E-state index < -0.39 is 20.7 Å². The molecule has 0 aliphatic heterocycles. The van der Waals surface area contributed by atoms with Crippen LogP contribution in [-0.4, -0.2) is 29.6 Å². The lowest BCUT2D eigenvalue weighted by Crippen LogP contribution is -2.16. The van der Waals surface area contributed by atoms with Crippen molar-refractivity contribution >= 4 is 54.6 Å². The largest absolute Gasteiger partial charge is 0.319 e. The second-order valence-corrected chi connectivity index (χ2v) is 9.44. The number of fused-ring (bicyclic) bond motifs is 1. The number of carbonyl (C=O) groups is 1. The van der Waals surface area contributed by atoms with Crippen LogP contribution in [0.2, 0.25) is 5.02 Å². The number of nitro benzene ring substituents is 1. The predicted octanol–water partition coefficient (Wildman–Crippen LogP) is 3.09. The number of hydrogen-bond acceptors (Lipinski definition) is 6. The number of thiazole rings is 1. The fraction of sp³-hybridized carbons (Fsp3) is 0.176. The van der Waals surface area contributed by atoms with Gasteiger partial charge in [0.2, 0.25) is 5.91 Å². The molecule has 0 radical (unpaired) electrons. The van der Waals surface area contributed by atoms with Gasteiger partial charge >= 0.3 is 0 Å². The van der Waals surface area contributed by atoms with Gasteiger partial charge < -0.3 is 4.57 Å². The van der Waals surface area contributed by atoms with E-state index in [0.717, 1.165) is 4.70 Å². The van der Waals surface area contributed by atoms with E-state index >= 15 is 0 Å². The van der Waals surface area contributed by atoms with Crippen LogP contribution in [0.3, 0.4) is 0 Å². The van der Waals surface area contributed by atoms with E-state index in [1.165, 1.54) is 47.7 Å². The minimum Gasteiger partial charge on any atom is -0.319 e. The third-order valence-corrected chi connectivity index (χ3v) is 7.08. The van der Waals surface area contributed by atoms with Gasteiger partial charge in [0.05, 0.1) is 25.8 Å². The quantitative estimate of drug-likeness (QED) is 0.448. The fourth-order valence-electron chi connectivity index (χ4n) is 2.48. The molecule has 0 spiro atoms. The van der Waals surface area contributed by atoms with Crippen LogP contribution in [0.1, 0.15) is 6.42 Å². The summed E-state index contributed by atoms with van der Waals surface area (Å²) in [7, 11) is -1.99. The first kappa shape index (κ1) is 20.2. The third kappa shape index (κ3) is 4.29. The molecule has 0 fully saturated rings. The summed E-state index contributed by atoms with van der Waals surface area (Å²) >= 11 is 6.95. The lowest BCUT2D eigenvalue weighted by molar-refractivity contribution is -0.384. The number of halogens is 1. The number of nitro groups is 1. The van der Waals surface area contributed by atoms with Crippen LogP contribution in [0.4, 0.5) is 5.69 Å². The summed E-state index contributed by atoms with van der Waals surface area (Å²) in [5.41, 5.74) is 0.507. The molecule has 0 N–H and O–H groups in total. The maximum absolute atomic E-state index is 12.3. The molecule has 0 aliphatic carbocycles. The van der Waals surface area contributed by atoms with Crippen molar-refractivity contribution in [2.24, 2.45) is 12.0 Å². The summed E-state index contributed by atoms with van der Waals surface area (Å²) in [6, 6.07) is 10.1. The summed E-state index contributed by atoms with van der Waals surface area (Å²) < 4.78 is 26.9. The molecular formula is C17H14ClN3O5S2. The number of hydrogen-bond donors (Lipinski definition) is 0. The van der Waals surface area contributed by atoms with Gasteiger partial charge in [-0.25, -0.2) is 8.42 Å². The molecule has 1 heterocycles. The maximum atomic E-state index is 12.3. The highest BCUT2D eigenvalue weighted by atomic mass is 35.5. The van der Waals surface area contributed by atoms with E-state index in [9.17, 15) is 23.3 Å². The number of nitrogens with zero attached hydrogens (tertiary/aromatic N) is 3. The first-order chi connectivity index (χ1) is 13.2. The molecule has 0 atom stereocenters. The molecule has 2 aromatic carbocycles. The molecule has 0 saturated heterocycles. The van der Waals surface area contributed by atoms with E-state index in [0.29, 0.717) is 15.3 Å². The first-order valence-corrected chi connectivity index (χ1v) is 10.8. The molecule has 0 saturated carbocycles. The summed E-state index contributed by atoms with van der Waals surface area (Å²) in [5.74, 6) is -0.967. The van der Waals surface area contributed by atoms with Gasteiger partial charge in [-0.1, -0.05) is 22.9 Å². The summed E-state index contributed by atoms with van der Waals surface area (Å²) in [4.78, 5) is 27.0. The van der Waals surface area contributed by atoms with Crippen molar-refractivity contribution in [1.29, 1.82) is 0 Å². The zero-order valence-electron chi connectivity index (χ0n) is 14.5. The monoisotopic (exact) mass is 439 g/mol. The minimum absolute atomic E-state index is 0.0622. The van der Waals surface area contributed by atoms with Crippen LogP contribution < -0.4 is 4.80 Å². The van der Waals surface area contributed by atoms with Crippen LogP contribution in [-0.2, 0) is 21.7 Å². The van der Waals surface area contributed by atoms with Gasteiger partial charge in [0.25, 0.3) is 5.69 Å². The number of amides is 1. The number of sulfone groups is 1. The van der Waals surface area contributed by atoms with E-state index in [1.54, 1.807) is 17.7 Å². The molecule has 11 heteroatoms. The van der Waals surface area contributed by atoms with E-state index in [4.69, 9.17) is 11.6 Å². The molecule has 0 unspecified atom stereocenters. The average molecular weight is 440 g/mol. The molecule has 3 rings (SSSR count). The van der Waals surface area contributed by atoms with Gasteiger partial charge in [-0.15, -0.1) is 0 Å². The number of aryl methyl sites for hydroxylation is 1. The van der Waals surface area contributed by atoms with Crippen LogP contribution in [0.25, 0.3) is 10.2 Å². The van der Waals surface area contributed by atoms with Gasteiger partial charge in [0, 0.05) is 30.6 Å². The normalized spacial score (nSPS) is 12.4. The van der Waals surface area contributed by atoms with Crippen LogP contribution in [0, 0.1) is 10.1 Å². The second-order valence-electron chi connectivity index (χ2n) is 5.88. The predicted molar refractivity (Wildman–Crippen MR) is 106 cm³/mol. The Balaban J connectivity index is 1.82. The highest BCUT2D eigenvalue weighted by molar-refractivity contribution is 7.91. The van der Waals surface area contributed by atoms with E-state index in [-0.39, 0.29) is 22.8 Å². The van der Waals surface area contributed by atoms with Crippen molar-refractivity contribution in [1.82, 2.24) is 4.57 Å². The Labute approximate surface area is 168 Å². The van der Waals surface area contributed by atoms with E-state index in [1.807, 2.05) is 0 Å². The molecule has 146 valence electrons. The van der Waals surface area contributed by atoms with Gasteiger partial charge in [-0.2, -0.15) is 4.99 Å². The Morgan fingerprint density at radius 3 is 2.57 bits per heavy atom. The summed E-state index contributed by atoms with van der Waals surface area (Å²) in [6.07, 6.45) is -0.278. The van der Waals surface area contributed by atoms with Gasteiger partial charge in [0.1, 0.15) is 0 Å². The number of carbonyl (C=O) groups excluding carboxylic acids is 1. The van der Waals surface area contributed by atoms with Crippen molar-refractivity contribution in [3.63, 3.8) is 0 Å². The van der Waals surface area contributed by atoms with Gasteiger partial charge in [-0.3, -0.25) is 14.9 Å². The van der Waals surface area contributed by atoms with Crippen molar-refractivity contribution in [3.8, 4) is 0 Å². The lowest BCUT2D eigenvalue weighted by Gasteiger charge is -2.02. The second kappa shape index (κ2) is 7.82. The summed E-state index contributed by atoms with van der Waals surface area (Å²) in [5, 5.41) is 11.3. The zero-order chi connectivity index (χ0) is 20.5. The number of benzene rings is 2. The lowest BCUT2D eigenvalue weighted by atomic mass is 10.3. The topological polar surface area (TPSA) is 112 Å². The number of non-ortho nitro benzene ring substituents is 1. The van der Waals surface area contributed by atoms with Crippen molar-refractivity contribution in [2.45, 2.75) is 11.3 Å². The zero-order valence-corrected chi connectivity index (χ0v) is 16.9. The molecule has 8 nitrogen and oxygen atoms in total. The highest BCUT2D eigenvalue weighted by Crippen LogP contribution is 2.22. The molecule has 3 aromatic rings. The molecule has 0 bridgehead atoms. The average Bonchev–Trinajstić information content (AvgIpc) is 2.95. The molecule has 28 heavy (non-hydrogen) atoms. The smallest absolute Gasteiger partial charge is 0.271 e. The molecule has 1 amide bonds. The molecular weight excluding hydrogens is 426 g/mol. The number of aromatic nitrogens is 1. The Kier molecular flexibility index (Phi) is 5.64. The van der Waals surface area contributed by atoms with Crippen molar-refractivity contribution < 1.29 is 18.1 Å². The first-order valence-electron chi connectivity index (χ1n) is 7.97. The van der Waals surface area contributed by atoms with Crippen molar-refractivity contribution in [2.75, 3.05) is 5.75 Å². The van der Waals surface area contributed by atoms with Crippen LogP contribution >= 0.6 is 22.9 Å². The molecule has 0 aliphatic rings. The maximum Gasteiger partial charge on any atom is 0.271 e. The standard InChI is InChI=1S/C17H14ClN3O5S2/c1-20-14-10-12(21(23)24)4-7-15(14)27-17(20)19-16(22)8-9-28(25,26)13-5-2-11(18)3-6-13/h2-7,10H,8-9H2,1H3. The van der Waals surface area contributed by atoms with Gasteiger partial charge in [-0.05, 0) is 30.3 Å². The highest BCUT2D eigenvalue weighted by Gasteiger charge is 2.17. The Morgan fingerprint density at radius 2 is 1.93 bits per heavy atom. The minimum atomic E-state index is -3.63. The van der Waals surface area contributed by atoms with E-state index in [2.05, 4.69) is 4.99 Å². The Morgan fingerprint density at radius 1 is 1.25 bits per heavy atom. The van der Waals surface area contributed by atoms with Gasteiger partial charge in [0.15, 0.2) is 14.6 Å². The number of rotatable bonds is 5. The van der Waals surface area contributed by atoms with Crippen LogP contribution in [0.5, 0.6) is 0 Å². The Hall–Kier alpha value is -2.56. The summed E-state index contributed by atoms with van der Waals surface area (Å²) in [6.45, 7) is 0. The van der Waals surface area contributed by atoms with Crippen LogP contribution in [0.15, 0.2) is 52.4 Å². The Bertz CT molecular complexity index is 1240. The van der Waals surface area contributed by atoms with Crippen molar-refractivity contribution in [3.05, 3.63) is 62.4 Å².